The number of nitrogens with one attached hydrogen (secondary N) is 2. The lowest BCUT2D eigenvalue weighted by Crippen LogP contribution is -2.33. The van der Waals surface area contributed by atoms with E-state index in [0.29, 0.717) is 49.4 Å². The van der Waals surface area contributed by atoms with E-state index in [-0.39, 0.29) is 11.8 Å². The van der Waals surface area contributed by atoms with Gasteiger partial charge in [-0.1, -0.05) is 0 Å². The Hall–Kier alpha value is -3.73. The molecule has 39 heavy (non-hydrogen) atoms. The van der Waals surface area contributed by atoms with Gasteiger partial charge in [0.1, 0.15) is 0 Å². The van der Waals surface area contributed by atoms with Crippen molar-refractivity contribution in [3.8, 4) is 23.0 Å². The largest absolute Gasteiger partial charge is 0.490 e. The first-order chi connectivity index (χ1) is 18.8. The first-order valence-electron chi connectivity index (χ1n) is 12.9. The lowest BCUT2D eigenvalue weighted by molar-refractivity contribution is -0.120. The van der Waals surface area contributed by atoms with Crippen LogP contribution in [-0.2, 0) is 9.59 Å². The number of hydrazone groups is 2. The third-order valence-electron chi connectivity index (χ3n) is 5.06. The number of hydrogen-bond acceptors (Lipinski definition) is 9. The minimum absolute atomic E-state index is 0.326. The van der Waals surface area contributed by atoms with Crippen molar-refractivity contribution in [2.75, 3.05) is 26.4 Å². The number of carbonyl (C=O) groups excluding carboxylic acids is 2. The monoisotopic (exact) mass is 558 g/mol. The lowest BCUT2D eigenvalue weighted by Gasteiger charge is -2.14. The van der Waals surface area contributed by atoms with Gasteiger partial charge in [-0.05, 0) is 89.1 Å². The van der Waals surface area contributed by atoms with Gasteiger partial charge in [-0.25, -0.2) is 10.9 Å². The number of amides is 2. The smallest absolute Gasteiger partial charge is 0.252 e. The first-order valence-corrected chi connectivity index (χ1v) is 13.9. The van der Waals surface area contributed by atoms with Gasteiger partial charge >= 0.3 is 0 Å². The highest BCUT2D eigenvalue weighted by Crippen LogP contribution is 2.29. The summed E-state index contributed by atoms with van der Waals surface area (Å²) in [4.78, 5) is 25.0. The summed E-state index contributed by atoms with van der Waals surface area (Å²) in [5, 5.41) is 7.03. The number of benzene rings is 2. The SMILES string of the molecule is CCOc1ccc(/C=N/NC(=O)C(C)SC(C)C(=O)N/N=C/c2ccc(OCC)c(OCC)c2)cc1OCC. The molecule has 0 heterocycles. The van der Waals surface area contributed by atoms with Crippen molar-refractivity contribution in [3.63, 3.8) is 0 Å². The lowest BCUT2D eigenvalue weighted by atomic mass is 10.2. The summed E-state index contributed by atoms with van der Waals surface area (Å²) in [5.74, 6) is 1.87. The van der Waals surface area contributed by atoms with Gasteiger partial charge in [-0.2, -0.15) is 10.2 Å². The van der Waals surface area contributed by atoms with Crippen LogP contribution in [0.2, 0.25) is 0 Å². The molecule has 2 N–H and O–H groups in total. The second kappa shape index (κ2) is 17.0. The number of rotatable bonds is 16. The van der Waals surface area contributed by atoms with Gasteiger partial charge in [0.2, 0.25) is 0 Å². The number of thioether (sulfide) groups is 1. The first kappa shape index (κ1) is 31.5. The molecule has 2 amide bonds. The van der Waals surface area contributed by atoms with Crippen LogP contribution >= 0.6 is 11.8 Å². The fourth-order valence-electron chi connectivity index (χ4n) is 3.25. The fourth-order valence-corrected chi connectivity index (χ4v) is 4.21. The number of carbonyl (C=O) groups is 2. The molecule has 0 aliphatic rings. The molecule has 0 radical (unpaired) electrons. The average molecular weight is 559 g/mol. The van der Waals surface area contributed by atoms with Crippen LogP contribution in [0.4, 0.5) is 0 Å². The molecule has 11 heteroatoms. The Morgan fingerprint density at radius 3 is 1.41 bits per heavy atom. The molecule has 0 fully saturated rings. The molecule has 2 rings (SSSR count). The predicted molar refractivity (Wildman–Crippen MR) is 156 cm³/mol. The van der Waals surface area contributed by atoms with Gasteiger partial charge in [-0.3, -0.25) is 9.59 Å². The Morgan fingerprint density at radius 2 is 1.05 bits per heavy atom. The molecular weight excluding hydrogens is 520 g/mol. The average Bonchev–Trinajstić information content (AvgIpc) is 2.91. The molecule has 10 nitrogen and oxygen atoms in total. The summed E-state index contributed by atoms with van der Waals surface area (Å²) >= 11 is 1.20. The molecule has 0 aromatic heterocycles. The molecule has 2 atom stereocenters. The van der Waals surface area contributed by atoms with E-state index < -0.39 is 10.5 Å². The normalized spacial score (nSPS) is 12.7. The van der Waals surface area contributed by atoms with E-state index in [2.05, 4.69) is 21.1 Å². The minimum Gasteiger partial charge on any atom is -0.490 e. The van der Waals surface area contributed by atoms with E-state index in [1.165, 1.54) is 24.2 Å². The Morgan fingerprint density at radius 1 is 0.692 bits per heavy atom. The minimum atomic E-state index is -0.522. The molecule has 0 aliphatic heterocycles. The van der Waals surface area contributed by atoms with Crippen LogP contribution in [0.5, 0.6) is 23.0 Å². The van der Waals surface area contributed by atoms with Crippen molar-refractivity contribution in [3.05, 3.63) is 47.5 Å². The molecule has 2 unspecified atom stereocenters. The summed E-state index contributed by atoms with van der Waals surface area (Å²) < 4.78 is 22.3. The highest BCUT2D eigenvalue weighted by molar-refractivity contribution is 8.01. The molecule has 0 saturated carbocycles. The summed E-state index contributed by atoms with van der Waals surface area (Å²) in [6.45, 7) is 13.1. The molecule has 0 saturated heterocycles. The van der Waals surface area contributed by atoms with Gasteiger partial charge in [-0.15, -0.1) is 11.8 Å². The van der Waals surface area contributed by atoms with Crippen molar-refractivity contribution in [1.82, 2.24) is 10.9 Å². The number of hydrogen-bond donors (Lipinski definition) is 2. The molecule has 2 aromatic rings. The Balaban J connectivity index is 1.87. The maximum absolute atomic E-state index is 12.5. The standard InChI is InChI=1S/C28H38N4O6S/c1-7-35-23-13-11-21(15-25(23)37-9-3)17-29-31-27(33)19(5)39-20(6)28(34)32-30-18-22-12-14-24(36-8-2)26(16-22)38-10-4/h11-20H,7-10H2,1-6H3,(H,31,33)(H,32,34)/b29-17+,30-18+. The molecule has 0 bridgehead atoms. The van der Waals surface area contributed by atoms with E-state index in [4.69, 9.17) is 18.9 Å². The third-order valence-corrected chi connectivity index (χ3v) is 6.30. The van der Waals surface area contributed by atoms with Crippen LogP contribution in [0.15, 0.2) is 46.6 Å². The summed E-state index contributed by atoms with van der Waals surface area (Å²) in [7, 11) is 0. The fraction of sp³-hybridized carbons (Fsp3) is 0.429. The second-order valence-electron chi connectivity index (χ2n) is 8.03. The molecule has 2 aromatic carbocycles. The van der Waals surface area contributed by atoms with Gasteiger partial charge in [0.05, 0.1) is 49.4 Å². The number of ether oxygens (including phenoxy) is 4. The zero-order chi connectivity index (χ0) is 28.6. The van der Waals surface area contributed by atoms with Crippen molar-refractivity contribution in [2.24, 2.45) is 10.2 Å². The highest BCUT2D eigenvalue weighted by atomic mass is 32.2. The predicted octanol–water partition coefficient (Wildman–Crippen LogP) is 4.39. The molecule has 212 valence electrons. The zero-order valence-electron chi connectivity index (χ0n) is 23.4. The van der Waals surface area contributed by atoms with E-state index in [0.717, 1.165) is 11.1 Å². The van der Waals surface area contributed by atoms with Crippen LogP contribution in [0.25, 0.3) is 0 Å². The summed E-state index contributed by atoms with van der Waals surface area (Å²) in [6.07, 6.45) is 3.05. The van der Waals surface area contributed by atoms with Crippen LogP contribution in [0.1, 0.15) is 52.7 Å². The Labute approximate surface area is 234 Å². The van der Waals surface area contributed by atoms with Crippen LogP contribution < -0.4 is 29.8 Å². The topological polar surface area (TPSA) is 120 Å². The van der Waals surface area contributed by atoms with Crippen molar-refractivity contribution in [2.45, 2.75) is 52.0 Å². The third kappa shape index (κ3) is 10.5. The van der Waals surface area contributed by atoms with Crippen LogP contribution in [0.3, 0.4) is 0 Å². The van der Waals surface area contributed by atoms with Crippen LogP contribution in [-0.4, -0.2) is 61.2 Å². The van der Waals surface area contributed by atoms with Crippen molar-refractivity contribution >= 4 is 36.0 Å². The molecule has 0 aliphatic carbocycles. The molecular formula is C28H38N4O6S. The quantitative estimate of drug-likeness (QED) is 0.232. The van der Waals surface area contributed by atoms with Crippen molar-refractivity contribution < 1.29 is 28.5 Å². The van der Waals surface area contributed by atoms with Gasteiger partial charge in [0.15, 0.2) is 23.0 Å². The van der Waals surface area contributed by atoms with Crippen LogP contribution in [0, 0.1) is 0 Å². The molecule has 0 spiro atoms. The van der Waals surface area contributed by atoms with Gasteiger partial charge in [0, 0.05) is 0 Å². The Bertz CT molecular complexity index is 1050. The second-order valence-corrected chi connectivity index (χ2v) is 9.72. The highest BCUT2D eigenvalue weighted by Gasteiger charge is 2.21. The Kier molecular flexibility index (Phi) is 13.7. The van der Waals surface area contributed by atoms with E-state index in [9.17, 15) is 9.59 Å². The van der Waals surface area contributed by atoms with E-state index >= 15 is 0 Å². The van der Waals surface area contributed by atoms with Crippen molar-refractivity contribution in [1.29, 1.82) is 0 Å². The van der Waals surface area contributed by atoms with Gasteiger partial charge in [0.25, 0.3) is 11.8 Å². The zero-order valence-corrected chi connectivity index (χ0v) is 24.2. The number of nitrogens with zero attached hydrogens (tertiary/aromatic N) is 2. The maximum Gasteiger partial charge on any atom is 0.252 e. The summed E-state index contributed by atoms with van der Waals surface area (Å²) in [6, 6.07) is 10.8. The van der Waals surface area contributed by atoms with E-state index in [1.807, 2.05) is 39.8 Å². The summed E-state index contributed by atoms with van der Waals surface area (Å²) in [5.41, 5.74) is 6.52. The maximum atomic E-state index is 12.5. The van der Waals surface area contributed by atoms with Gasteiger partial charge < -0.3 is 18.9 Å². The van der Waals surface area contributed by atoms with E-state index in [1.54, 1.807) is 38.1 Å².